The topological polar surface area (TPSA) is 37.0 Å². The molecule has 2 N–H and O–H groups in total. The molecule has 0 aliphatic carbocycles. The van der Waals surface area contributed by atoms with Crippen LogP contribution in [0.15, 0.2) is 30.3 Å². The molecular formula is C18H27N3. The van der Waals surface area contributed by atoms with Gasteiger partial charge in [0.15, 0.2) is 0 Å². The molecule has 2 rings (SSSR count). The van der Waals surface area contributed by atoms with Gasteiger partial charge in [0.1, 0.15) is 5.82 Å². The number of rotatable bonds is 8. The molecule has 0 saturated carbocycles. The van der Waals surface area contributed by atoms with E-state index in [1.165, 1.54) is 23.6 Å². The van der Waals surface area contributed by atoms with Gasteiger partial charge in [-0.2, -0.15) is 0 Å². The maximum atomic E-state index is 4.81. The number of hydrogen-bond acceptors (Lipinski definition) is 3. The molecule has 3 heteroatoms. The van der Waals surface area contributed by atoms with E-state index < -0.39 is 0 Å². The van der Waals surface area contributed by atoms with Gasteiger partial charge in [0.05, 0.1) is 5.69 Å². The fourth-order valence-corrected chi connectivity index (χ4v) is 2.55. The molecule has 2 aromatic rings. The third kappa shape index (κ3) is 4.18. The van der Waals surface area contributed by atoms with Gasteiger partial charge in [-0.05, 0) is 23.9 Å². The molecule has 0 bridgehead atoms. The summed E-state index contributed by atoms with van der Waals surface area (Å²) in [4.78, 5) is 4.81. The Morgan fingerprint density at radius 2 is 1.86 bits per heavy atom. The van der Waals surface area contributed by atoms with E-state index in [1.807, 2.05) is 0 Å². The fourth-order valence-electron chi connectivity index (χ4n) is 2.55. The zero-order valence-corrected chi connectivity index (χ0v) is 13.4. The van der Waals surface area contributed by atoms with Crippen LogP contribution in [0.5, 0.6) is 0 Å². The monoisotopic (exact) mass is 285 g/mol. The van der Waals surface area contributed by atoms with Crippen molar-refractivity contribution in [1.82, 2.24) is 10.3 Å². The van der Waals surface area contributed by atoms with Crippen molar-refractivity contribution in [3.63, 3.8) is 0 Å². The van der Waals surface area contributed by atoms with Crippen LogP contribution in [0, 0.1) is 5.92 Å². The maximum absolute atomic E-state index is 4.81. The van der Waals surface area contributed by atoms with E-state index in [4.69, 9.17) is 4.98 Å². The molecule has 0 atom stereocenters. The lowest BCUT2D eigenvalue weighted by molar-refractivity contribution is 0.518. The number of hydrogen-bond donors (Lipinski definition) is 2. The van der Waals surface area contributed by atoms with E-state index in [2.05, 4.69) is 61.7 Å². The first-order chi connectivity index (χ1) is 10.3. The zero-order chi connectivity index (χ0) is 15.1. The second-order valence-corrected chi connectivity index (χ2v) is 5.53. The molecular weight excluding hydrogens is 258 g/mol. The van der Waals surface area contributed by atoms with Crippen LogP contribution in [0.1, 0.15) is 39.3 Å². The molecule has 0 unspecified atom stereocenters. The molecule has 1 aromatic heterocycles. The number of nitrogens with zero attached hydrogens (tertiary/aromatic N) is 1. The van der Waals surface area contributed by atoms with Crippen molar-refractivity contribution in [3.05, 3.63) is 36.0 Å². The SMILES string of the molecule is CCNCc1cc2ccccc2c(NCC(CC)CC)n1. The van der Waals surface area contributed by atoms with E-state index >= 15 is 0 Å². The number of anilines is 1. The second kappa shape index (κ2) is 7.99. The van der Waals surface area contributed by atoms with Crippen molar-refractivity contribution < 1.29 is 0 Å². The molecule has 3 nitrogen and oxygen atoms in total. The fraction of sp³-hybridized carbons (Fsp3) is 0.500. The quantitative estimate of drug-likeness (QED) is 0.763. The van der Waals surface area contributed by atoms with Crippen LogP contribution in [-0.4, -0.2) is 18.1 Å². The predicted octanol–water partition coefficient (Wildman–Crippen LogP) is 4.19. The van der Waals surface area contributed by atoms with E-state index in [1.54, 1.807) is 0 Å². The minimum absolute atomic E-state index is 0.711. The summed E-state index contributed by atoms with van der Waals surface area (Å²) in [5.41, 5.74) is 1.10. The van der Waals surface area contributed by atoms with Gasteiger partial charge in [-0.3, -0.25) is 0 Å². The van der Waals surface area contributed by atoms with E-state index in [0.717, 1.165) is 31.1 Å². The summed E-state index contributed by atoms with van der Waals surface area (Å²) in [5.74, 6) is 1.73. The molecule has 0 spiro atoms. The van der Waals surface area contributed by atoms with Gasteiger partial charge in [0.2, 0.25) is 0 Å². The first kappa shape index (κ1) is 15.8. The van der Waals surface area contributed by atoms with Crippen LogP contribution >= 0.6 is 0 Å². The van der Waals surface area contributed by atoms with Crippen molar-refractivity contribution in [2.75, 3.05) is 18.4 Å². The second-order valence-electron chi connectivity index (χ2n) is 5.53. The molecule has 0 aliphatic heterocycles. The average molecular weight is 285 g/mol. The Hall–Kier alpha value is -1.61. The zero-order valence-electron chi connectivity index (χ0n) is 13.4. The van der Waals surface area contributed by atoms with Crippen molar-refractivity contribution >= 4 is 16.6 Å². The summed E-state index contributed by atoms with van der Waals surface area (Å²) < 4.78 is 0. The third-order valence-corrected chi connectivity index (χ3v) is 4.06. The van der Waals surface area contributed by atoms with Gasteiger partial charge in [-0.25, -0.2) is 4.98 Å². The highest BCUT2D eigenvalue weighted by Crippen LogP contribution is 2.23. The van der Waals surface area contributed by atoms with Gasteiger partial charge >= 0.3 is 0 Å². The lowest BCUT2D eigenvalue weighted by atomic mass is 10.0. The van der Waals surface area contributed by atoms with Gasteiger partial charge < -0.3 is 10.6 Å². The Labute approximate surface area is 128 Å². The molecule has 0 radical (unpaired) electrons. The average Bonchev–Trinajstić information content (AvgIpc) is 2.53. The van der Waals surface area contributed by atoms with Gasteiger partial charge in [0.25, 0.3) is 0 Å². The highest BCUT2D eigenvalue weighted by atomic mass is 15.0. The van der Waals surface area contributed by atoms with Crippen LogP contribution < -0.4 is 10.6 Å². The number of pyridine rings is 1. The highest BCUT2D eigenvalue weighted by molar-refractivity contribution is 5.92. The van der Waals surface area contributed by atoms with Crippen molar-refractivity contribution in [2.24, 2.45) is 5.92 Å². The Morgan fingerprint density at radius 1 is 1.10 bits per heavy atom. The third-order valence-electron chi connectivity index (χ3n) is 4.06. The minimum Gasteiger partial charge on any atom is -0.369 e. The largest absolute Gasteiger partial charge is 0.369 e. The van der Waals surface area contributed by atoms with E-state index in [0.29, 0.717) is 5.92 Å². The summed E-state index contributed by atoms with van der Waals surface area (Å²) in [6.45, 7) is 9.40. The summed E-state index contributed by atoms with van der Waals surface area (Å²) >= 11 is 0. The Kier molecular flexibility index (Phi) is 6.00. The molecule has 0 aliphatic rings. The van der Waals surface area contributed by atoms with Crippen molar-refractivity contribution in [1.29, 1.82) is 0 Å². The normalized spacial score (nSPS) is 11.2. The standard InChI is InChI=1S/C18H27N3/c1-4-14(5-2)12-20-18-17-10-8-7-9-15(17)11-16(21-18)13-19-6-3/h7-11,14,19H,4-6,12-13H2,1-3H3,(H,20,21). The smallest absolute Gasteiger partial charge is 0.134 e. The van der Waals surface area contributed by atoms with Gasteiger partial charge in [0, 0.05) is 18.5 Å². The number of benzene rings is 1. The first-order valence-electron chi connectivity index (χ1n) is 8.11. The highest BCUT2D eigenvalue weighted by Gasteiger charge is 2.08. The number of nitrogens with one attached hydrogen (secondary N) is 2. The van der Waals surface area contributed by atoms with E-state index in [9.17, 15) is 0 Å². The van der Waals surface area contributed by atoms with E-state index in [-0.39, 0.29) is 0 Å². The lowest BCUT2D eigenvalue weighted by Gasteiger charge is -2.16. The molecule has 114 valence electrons. The van der Waals surface area contributed by atoms with Crippen LogP contribution in [-0.2, 0) is 6.54 Å². The lowest BCUT2D eigenvalue weighted by Crippen LogP contribution is -2.16. The molecule has 0 fully saturated rings. The minimum atomic E-state index is 0.711. The predicted molar refractivity (Wildman–Crippen MR) is 91.7 cm³/mol. The Morgan fingerprint density at radius 3 is 2.57 bits per heavy atom. The van der Waals surface area contributed by atoms with Crippen molar-refractivity contribution in [3.8, 4) is 0 Å². The Bertz CT molecular complexity index is 561. The Balaban J connectivity index is 2.26. The first-order valence-corrected chi connectivity index (χ1v) is 8.11. The molecule has 0 saturated heterocycles. The number of aromatic nitrogens is 1. The summed E-state index contributed by atoms with van der Waals surface area (Å²) in [5, 5.41) is 9.39. The maximum Gasteiger partial charge on any atom is 0.134 e. The summed E-state index contributed by atoms with van der Waals surface area (Å²) in [6, 6.07) is 10.7. The number of fused-ring (bicyclic) bond motifs is 1. The van der Waals surface area contributed by atoms with Gasteiger partial charge in [-0.1, -0.05) is 57.9 Å². The molecule has 21 heavy (non-hydrogen) atoms. The van der Waals surface area contributed by atoms with Crippen LogP contribution in [0.2, 0.25) is 0 Å². The molecule has 1 heterocycles. The molecule has 1 aromatic carbocycles. The van der Waals surface area contributed by atoms with Crippen LogP contribution in [0.25, 0.3) is 10.8 Å². The van der Waals surface area contributed by atoms with Gasteiger partial charge in [-0.15, -0.1) is 0 Å². The van der Waals surface area contributed by atoms with Crippen molar-refractivity contribution in [2.45, 2.75) is 40.2 Å². The molecule has 0 amide bonds. The van der Waals surface area contributed by atoms with Crippen LogP contribution in [0.4, 0.5) is 5.82 Å². The summed E-state index contributed by atoms with van der Waals surface area (Å²) in [7, 11) is 0. The van der Waals surface area contributed by atoms with Crippen LogP contribution in [0.3, 0.4) is 0 Å². The summed E-state index contributed by atoms with van der Waals surface area (Å²) in [6.07, 6.45) is 2.41.